The van der Waals surface area contributed by atoms with Crippen LogP contribution in [0.25, 0.3) is 0 Å². The van der Waals surface area contributed by atoms with Gasteiger partial charge in [0.05, 0.1) is 11.4 Å². The second-order valence-corrected chi connectivity index (χ2v) is 6.30. The minimum atomic E-state index is -0.605. The van der Waals surface area contributed by atoms with Gasteiger partial charge in [0.1, 0.15) is 6.04 Å². The first-order valence-electron chi connectivity index (χ1n) is 7.68. The SMILES string of the molecule is CC(=O)NC(C)C(=O)Nc1cc(Cl)ccc1N1CCN(C)CC1. The summed E-state index contributed by atoms with van der Waals surface area (Å²) in [6.45, 7) is 6.76. The summed E-state index contributed by atoms with van der Waals surface area (Å²) in [6.07, 6.45) is 0. The van der Waals surface area contributed by atoms with Crippen LogP contribution in [0.15, 0.2) is 18.2 Å². The molecule has 1 heterocycles. The van der Waals surface area contributed by atoms with Gasteiger partial charge < -0.3 is 20.4 Å². The fraction of sp³-hybridized carbons (Fsp3) is 0.500. The Hall–Kier alpha value is -1.79. The van der Waals surface area contributed by atoms with Crippen LogP contribution in [-0.4, -0.2) is 56.0 Å². The van der Waals surface area contributed by atoms with Crippen LogP contribution in [0.1, 0.15) is 13.8 Å². The third-order valence-corrected chi connectivity index (χ3v) is 4.11. The van der Waals surface area contributed by atoms with Crippen molar-refractivity contribution in [1.82, 2.24) is 10.2 Å². The monoisotopic (exact) mass is 338 g/mol. The number of benzene rings is 1. The Morgan fingerprint density at radius 1 is 1.22 bits per heavy atom. The first kappa shape index (κ1) is 17.6. The van der Waals surface area contributed by atoms with E-state index >= 15 is 0 Å². The number of likely N-dealkylation sites (N-methyl/N-ethyl adjacent to an activating group) is 1. The Labute approximate surface area is 141 Å². The summed E-state index contributed by atoms with van der Waals surface area (Å²) < 4.78 is 0. The molecule has 1 aliphatic rings. The van der Waals surface area contributed by atoms with Gasteiger partial charge in [0.2, 0.25) is 11.8 Å². The molecule has 6 nitrogen and oxygen atoms in total. The van der Waals surface area contributed by atoms with Crippen molar-refractivity contribution in [2.75, 3.05) is 43.4 Å². The van der Waals surface area contributed by atoms with Gasteiger partial charge in [-0.3, -0.25) is 9.59 Å². The molecule has 0 spiro atoms. The zero-order chi connectivity index (χ0) is 17.0. The molecule has 0 radical (unpaired) electrons. The third kappa shape index (κ3) is 4.84. The van der Waals surface area contributed by atoms with E-state index in [4.69, 9.17) is 11.6 Å². The Morgan fingerprint density at radius 3 is 2.48 bits per heavy atom. The number of rotatable bonds is 4. The van der Waals surface area contributed by atoms with Gasteiger partial charge in [0, 0.05) is 38.1 Å². The summed E-state index contributed by atoms with van der Waals surface area (Å²) in [5, 5.41) is 6.01. The minimum absolute atomic E-state index is 0.238. The van der Waals surface area contributed by atoms with Crippen LogP contribution in [-0.2, 0) is 9.59 Å². The Kier molecular flexibility index (Phi) is 5.85. The second-order valence-electron chi connectivity index (χ2n) is 5.86. The van der Waals surface area contributed by atoms with Crippen LogP contribution in [0.4, 0.5) is 11.4 Å². The van der Waals surface area contributed by atoms with E-state index in [1.807, 2.05) is 12.1 Å². The summed E-state index contributed by atoms with van der Waals surface area (Å²) in [4.78, 5) is 27.8. The van der Waals surface area contributed by atoms with Gasteiger partial charge in [-0.05, 0) is 32.2 Å². The molecule has 1 unspecified atom stereocenters. The van der Waals surface area contributed by atoms with Gasteiger partial charge in [0.15, 0.2) is 0 Å². The maximum atomic E-state index is 12.3. The van der Waals surface area contributed by atoms with Gasteiger partial charge in [0.25, 0.3) is 0 Å². The molecule has 1 aromatic rings. The molecule has 0 saturated carbocycles. The summed E-state index contributed by atoms with van der Waals surface area (Å²) in [6, 6.07) is 4.88. The molecule has 1 aliphatic heterocycles. The molecule has 7 heteroatoms. The van der Waals surface area contributed by atoms with Gasteiger partial charge in [-0.25, -0.2) is 0 Å². The largest absolute Gasteiger partial charge is 0.367 e. The highest BCUT2D eigenvalue weighted by molar-refractivity contribution is 6.31. The molecule has 0 aliphatic carbocycles. The van der Waals surface area contributed by atoms with Crippen molar-refractivity contribution in [3.8, 4) is 0 Å². The van der Waals surface area contributed by atoms with Gasteiger partial charge >= 0.3 is 0 Å². The maximum absolute atomic E-state index is 12.3. The molecule has 2 N–H and O–H groups in total. The first-order chi connectivity index (χ1) is 10.9. The Bertz CT molecular complexity index is 585. The zero-order valence-electron chi connectivity index (χ0n) is 13.7. The lowest BCUT2D eigenvalue weighted by molar-refractivity contribution is -0.124. The lowest BCUT2D eigenvalue weighted by Gasteiger charge is -2.35. The van der Waals surface area contributed by atoms with E-state index in [2.05, 4.69) is 27.5 Å². The number of hydrogen-bond donors (Lipinski definition) is 2. The number of halogens is 1. The highest BCUT2D eigenvalue weighted by Crippen LogP contribution is 2.30. The Morgan fingerprint density at radius 2 is 1.87 bits per heavy atom. The first-order valence-corrected chi connectivity index (χ1v) is 8.05. The van der Waals surface area contributed by atoms with Crippen molar-refractivity contribution < 1.29 is 9.59 Å². The normalized spacial score (nSPS) is 16.8. The molecule has 0 aromatic heterocycles. The minimum Gasteiger partial charge on any atom is -0.367 e. The standard InChI is InChI=1S/C16H23ClN4O2/c1-11(18-12(2)22)16(23)19-14-10-13(17)4-5-15(14)21-8-6-20(3)7-9-21/h4-5,10-11H,6-9H2,1-3H3,(H,18,22)(H,19,23). The van der Waals surface area contributed by atoms with Crippen LogP contribution in [0.5, 0.6) is 0 Å². The topological polar surface area (TPSA) is 64.7 Å². The summed E-state index contributed by atoms with van der Waals surface area (Å²) in [5.74, 6) is -0.504. The van der Waals surface area contributed by atoms with Crippen molar-refractivity contribution in [2.45, 2.75) is 19.9 Å². The third-order valence-electron chi connectivity index (χ3n) is 3.87. The quantitative estimate of drug-likeness (QED) is 0.874. The molecular formula is C16H23ClN4O2. The van der Waals surface area contributed by atoms with Crippen LogP contribution in [0.3, 0.4) is 0 Å². The predicted octanol–water partition coefficient (Wildman–Crippen LogP) is 1.55. The van der Waals surface area contributed by atoms with Gasteiger partial charge in [-0.1, -0.05) is 11.6 Å². The van der Waals surface area contributed by atoms with E-state index in [-0.39, 0.29) is 11.8 Å². The number of carbonyl (C=O) groups excluding carboxylic acids is 2. The van der Waals surface area contributed by atoms with E-state index in [9.17, 15) is 9.59 Å². The number of nitrogens with zero attached hydrogens (tertiary/aromatic N) is 2. The van der Waals surface area contributed by atoms with Crippen molar-refractivity contribution >= 4 is 34.8 Å². The Balaban J connectivity index is 2.15. The van der Waals surface area contributed by atoms with Crippen LogP contribution in [0, 0.1) is 0 Å². The van der Waals surface area contributed by atoms with Crippen LogP contribution in [0.2, 0.25) is 5.02 Å². The molecule has 2 amide bonds. The lowest BCUT2D eigenvalue weighted by atomic mass is 10.2. The fourth-order valence-corrected chi connectivity index (χ4v) is 2.72. The number of carbonyl (C=O) groups is 2. The van der Waals surface area contributed by atoms with Crippen LogP contribution >= 0.6 is 11.6 Å². The number of piperazine rings is 1. The number of nitrogens with one attached hydrogen (secondary N) is 2. The number of anilines is 2. The average molecular weight is 339 g/mol. The molecule has 1 aromatic carbocycles. The van der Waals surface area contributed by atoms with Crippen LogP contribution < -0.4 is 15.5 Å². The lowest BCUT2D eigenvalue weighted by Crippen LogP contribution is -2.45. The number of amides is 2. The summed E-state index contributed by atoms with van der Waals surface area (Å²) >= 11 is 6.08. The maximum Gasteiger partial charge on any atom is 0.246 e. The molecule has 1 fully saturated rings. The molecule has 126 valence electrons. The van der Waals surface area contributed by atoms with Gasteiger partial charge in [-0.2, -0.15) is 0 Å². The molecule has 23 heavy (non-hydrogen) atoms. The summed E-state index contributed by atoms with van der Waals surface area (Å²) in [7, 11) is 2.09. The van der Waals surface area contributed by atoms with E-state index in [0.29, 0.717) is 10.7 Å². The number of hydrogen-bond acceptors (Lipinski definition) is 4. The van der Waals surface area contributed by atoms with E-state index in [1.165, 1.54) is 6.92 Å². The highest BCUT2D eigenvalue weighted by Gasteiger charge is 2.20. The van der Waals surface area contributed by atoms with E-state index in [0.717, 1.165) is 31.9 Å². The van der Waals surface area contributed by atoms with Gasteiger partial charge in [-0.15, -0.1) is 0 Å². The zero-order valence-corrected chi connectivity index (χ0v) is 14.5. The van der Waals surface area contributed by atoms with Crippen molar-refractivity contribution in [3.05, 3.63) is 23.2 Å². The molecule has 2 rings (SSSR count). The van der Waals surface area contributed by atoms with Crippen molar-refractivity contribution in [3.63, 3.8) is 0 Å². The average Bonchev–Trinajstić information content (AvgIpc) is 2.48. The van der Waals surface area contributed by atoms with Crippen molar-refractivity contribution in [2.24, 2.45) is 0 Å². The highest BCUT2D eigenvalue weighted by atomic mass is 35.5. The van der Waals surface area contributed by atoms with E-state index < -0.39 is 6.04 Å². The summed E-state index contributed by atoms with van der Waals surface area (Å²) in [5.41, 5.74) is 1.62. The predicted molar refractivity (Wildman–Crippen MR) is 93.1 cm³/mol. The fourth-order valence-electron chi connectivity index (χ4n) is 2.54. The molecule has 1 saturated heterocycles. The van der Waals surface area contributed by atoms with E-state index in [1.54, 1.807) is 13.0 Å². The van der Waals surface area contributed by atoms with Crippen molar-refractivity contribution in [1.29, 1.82) is 0 Å². The molecule has 0 bridgehead atoms. The molecule has 1 atom stereocenters. The molecular weight excluding hydrogens is 316 g/mol. The second kappa shape index (κ2) is 7.66. The smallest absolute Gasteiger partial charge is 0.246 e.